The smallest absolute Gasteiger partial charge is 0.330 e. The highest BCUT2D eigenvalue weighted by molar-refractivity contribution is 7.12. The number of carboxylic acids is 1. The number of likely N-dealkylation sites (tertiary alicyclic amines) is 1. The Balaban J connectivity index is 2.05. The summed E-state index contributed by atoms with van der Waals surface area (Å²) in [4.78, 5) is 53.2. The molecule has 11 heteroatoms. The third kappa shape index (κ3) is 4.63. The third-order valence-electron chi connectivity index (χ3n) is 6.77. The number of ketones is 1. The number of thiophene rings is 1. The van der Waals surface area contributed by atoms with Crippen LogP contribution in [-0.2, 0) is 14.3 Å². The molecule has 37 heavy (non-hydrogen) atoms. The van der Waals surface area contributed by atoms with Crippen molar-refractivity contribution in [2.45, 2.75) is 24.4 Å². The zero-order valence-electron chi connectivity index (χ0n) is 19.9. The molecule has 192 valence electrons. The van der Waals surface area contributed by atoms with E-state index in [1.165, 1.54) is 43.6 Å². The van der Waals surface area contributed by atoms with E-state index in [9.17, 15) is 29.6 Å². The van der Waals surface area contributed by atoms with Gasteiger partial charge in [0.1, 0.15) is 12.1 Å². The van der Waals surface area contributed by atoms with Crippen LogP contribution in [0.2, 0.25) is 5.02 Å². The van der Waals surface area contributed by atoms with E-state index in [1.54, 1.807) is 47.8 Å². The number of carbonyl (C=O) groups excluding carboxylic acids is 2. The maximum atomic E-state index is 14.1. The molecule has 0 bridgehead atoms. The fourth-order valence-corrected chi connectivity index (χ4v) is 6.07. The van der Waals surface area contributed by atoms with Crippen molar-refractivity contribution in [3.8, 4) is 0 Å². The molecule has 1 aliphatic heterocycles. The van der Waals surface area contributed by atoms with Gasteiger partial charge in [-0.05, 0) is 41.6 Å². The number of nitro benzene ring substituents is 1. The Bertz CT molecular complexity index is 1350. The lowest BCUT2D eigenvalue weighted by atomic mass is 9.72. The molecule has 4 rings (SSSR count). The molecule has 9 nitrogen and oxygen atoms in total. The molecule has 0 aliphatic carbocycles. The number of carboxylic acid groups (broad SMARTS) is 1. The molecular formula is C26H23ClN2O7S. The number of Topliss-reactive ketones (excluding diaryl/α,β-unsaturated/α-hetero) is 1. The molecule has 0 saturated carbocycles. The molecule has 3 aromatic rings. The van der Waals surface area contributed by atoms with E-state index in [2.05, 4.69) is 0 Å². The number of rotatable bonds is 8. The highest BCUT2D eigenvalue weighted by Crippen LogP contribution is 2.57. The molecule has 1 N–H and O–H groups in total. The van der Waals surface area contributed by atoms with Gasteiger partial charge in [0.05, 0.1) is 21.8 Å². The predicted octanol–water partition coefficient (Wildman–Crippen LogP) is 4.97. The van der Waals surface area contributed by atoms with Crippen molar-refractivity contribution < 1.29 is 29.2 Å². The summed E-state index contributed by atoms with van der Waals surface area (Å²) in [5, 5.41) is 24.3. The van der Waals surface area contributed by atoms with E-state index in [4.69, 9.17) is 16.3 Å². The maximum Gasteiger partial charge on any atom is 0.330 e. The molecule has 1 aliphatic rings. The lowest BCUT2D eigenvalue weighted by Crippen LogP contribution is -2.55. The summed E-state index contributed by atoms with van der Waals surface area (Å²) in [6.07, 6.45) is 0. The van der Waals surface area contributed by atoms with Gasteiger partial charge < -0.3 is 14.7 Å². The van der Waals surface area contributed by atoms with Gasteiger partial charge in [-0.3, -0.25) is 19.7 Å². The van der Waals surface area contributed by atoms with E-state index < -0.39 is 46.8 Å². The van der Waals surface area contributed by atoms with E-state index in [0.717, 1.165) is 4.90 Å². The Kier molecular flexibility index (Phi) is 7.44. The van der Waals surface area contributed by atoms with Crippen molar-refractivity contribution in [1.82, 2.24) is 4.90 Å². The second-order valence-corrected chi connectivity index (χ2v) is 10.2. The SMILES string of the molecule is COCC(=O)N1C(c2cccc([N+](=O)[O-])c2)C(C(=O)c2cccs2)C(c2ccc(Cl)cc2)C1(C)C(=O)O. The fraction of sp³-hybridized carbons (Fsp3) is 0.269. The van der Waals surface area contributed by atoms with Crippen molar-refractivity contribution >= 4 is 46.3 Å². The summed E-state index contributed by atoms with van der Waals surface area (Å²) in [7, 11) is 1.30. The Morgan fingerprint density at radius 1 is 1.14 bits per heavy atom. The fourth-order valence-electron chi connectivity index (χ4n) is 5.23. The van der Waals surface area contributed by atoms with Crippen molar-refractivity contribution in [2.24, 2.45) is 5.92 Å². The number of nitrogens with zero attached hydrogens (tertiary/aromatic N) is 2. The number of hydrogen-bond acceptors (Lipinski definition) is 7. The highest BCUT2D eigenvalue weighted by Gasteiger charge is 2.64. The highest BCUT2D eigenvalue weighted by atomic mass is 35.5. The number of hydrogen-bond donors (Lipinski definition) is 1. The summed E-state index contributed by atoms with van der Waals surface area (Å²) in [5.41, 5.74) is -1.38. The molecule has 4 unspecified atom stereocenters. The molecular weight excluding hydrogens is 520 g/mol. The molecule has 1 saturated heterocycles. The van der Waals surface area contributed by atoms with Crippen molar-refractivity contribution in [2.75, 3.05) is 13.7 Å². The average Bonchev–Trinajstić information content (AvgIpc) is 3.50. The Hall–Kier alpha value is -3.60. The number of nitro groups is 1. The zero-order valence-corrected chi connectivity index (χ0v) is 21.4. The predicted molar refractivity (Wildman–Crippen MR) is 137 cm³/mol. The molecule has 0 spiro atoms. The number of aliphatic carboxylic acids is 1. The lowest BCUT2D eigenvalue weighted by Gasteiger charge is -2.37. The summed E-state index contributed by atoms with van der Waals surface area (Å²) in [6, 6.07) is 14.3. The number of non-ortho nitro benzene ring substituents is 1. The van der Waals surface area contributed by atoms with E-state index in [-0.39, 0.29) is 17.0 Å². The summed E-state index contributed by atoms with van der Waals surface area (Å²) in [5.74, 6) is -4.45. The van der Waals surface area contributed by atoms with Gasteiger partial charge in [-0.25, -0.2) is 4.79 Å². The Labute approximate surface area is 221 Å². The molecule has 2 aromatic carbocycles. The first-order valence-electron chi connectivity index (χ1n) is 11.2. The summed E-state index contributed by atoms with van der Waals surface area (Å²) >= 11 is 7.29. The minimum Gasteiger partial charge on any atom is -0.479 e. The Morgan fingerprint density at radius 2 is 1.84 bits per heavy atom. The topological polar surface area (TPSA) is 127 Å². The zero-order chi connectivity index (χ0) is 26.9. The van der Waals surface area contributed by atoms with Crippen LogP contribution >= 0.6 is 22.9 Å². The van der Waals surface area contributed by atoms with Gasteiger partial charge in [0, 0.05) is 30.2 Å². The number of carbonyl (C=O) groups is 3. The minimum atomic E-state index is -1.91. The maximum absolute atomic E-state index is 14.1. The van der Waals surface area contributed by atoms with Crippen molar-refractivity contribution in [3.63, 3.8) is 0 Å². The van der Waals surface area contributed by atoms with Crippen LogP contribution in [0.15, 0.2) is 66.0 Å². The molecule has 0 radical (unpaired) electrons. The number of ether oxygens (including phenoxy) is 1. The molecule has 4 atom stereocenters. The number of methoxy groups -OCH3 is 1. The quantitative estimate of drug-likeness (QED) is 0.242. The van der Waals surface area contributed by atoms with E-state index in [1.807, 2.05) is 0 Å². The third-order valence-corrected chi connectivity index (χ3v) is 7.91. The molecule has 1 amide bonds. The molecule has 2 heterocycles. The monoisotopic (exact) mass is 542 g/mol. The van der Waals surface area contributed by atoms with Crippen LogP contribution in [-0.4, -0.2) is 51.8 Å². The van der Waals surface area contributed by atoms with Crippen LogP contribution in [0.4, 0.5) is 5.69 Å². The van der Waals surface area contributed by atoms with Gasteiger partial charge in [-0.2, -0.15) is 0 Å². The van der Waals surface area contributed by atoms with Crippen LogP contribution < -0.4 is 0 Å². The number of amides is 1. The summed E-state index contributed by atoms with van der Waals surface area (Å²) < 4.78 is 5.07. The van der Waals surface area contributed by atoms with Gasteiger partial charge >= 0.3 is 5.97 Å². The van der Waals surface area contributed by atoms with Crippen molar-refractivity contribution in [3.05, 3.63) is 97.2 Å². The van der Waals surface area contributed by atoms with E-state index >= 15 is 0 Å². The largest absolute Gasteiger partial charge is 0.479 e. The minimum absolute atomic E-state index is 0.245. The second kappa shape index (κ2) is 10.4. The molecule has 1 aromatic heterocycles. The van der Waals surface area contributed by atoms with Crippen LogP contribution in [0, 0.1) is 16.0 Å². The first kappa shape index (κ1) is 26.5. The van der Waals surface area contributed by atoms with Gasteiger partial charge in [0.25, 0.3) is 5.69 Å². The number of benzene rings is 2. The number of halogens is 1. The van der Waals surface area contributed by atoms with E-state index in [0.29, 0.717) is 15.5 Å². The van der Waals surface area contributed by atoms with Crippen LogP contribution in [0.1, 0.15) is 39.7 Å². The van der Waals surface area contributed by atoms with Crippen LogP contribution in [0.3, 0.4) is 0 Å². The van der Waals surface area contributed by atoms with Gasteiger partial charge in [0.2, 0.25) is 5.91 Å². The normalized spacial score (nSPS) is 23.1. The second-order valence-electron chi connectivity index (χ2n) is 8.84. The van der Waals surface area contributed by atoms with Gasteiger partial charge in [0.15, 0.2) is 5.78 Å². The first-order valence-corrected chi connectivity index (χ1v) is 12.5. The van der Waals surface area contributed by atoms with Gasteiger partial charge in [-0.1, -0.05) is 41.9 Å². The van der Waals surface area contributed by atoms with Gasteiger partial charge in [-0.15, -0.1) is 11.3 Å². The molecule has 1 fully saturated rings. The van der Waals surface area contributed by atoms with Crippen molar-refractivity contribution in [1.29, 1.82) is 0 Å². The average molecular weight is 543 g/mol. The lowest BCUT2D eigenvalue weighted by molar-refractivity contribution is -0.385. The standard InChI is InChI=1S/C26H23ClN2O7S/c1-26(25(32)33)22(15-8-10-17(27)11-9-15)21(24(31)19-7-4-12-37-19)23(28(26)20(30)14-36-2)16-5-3-6-18(13-16)29(34)35/h3-13,21-23H,14H2,1-2H3,(H,32,33). The van der Waals surface area contributed by atoms with Crippen LogP contribution in [0.25, 0.3) is 0 Å². The summed E-state index contributed by atoms with van der Waals surface area (Å²) in [6.45, 7) is 0.954. The Morgan fingerprint density at radius 3 is 2.41 bits per heavy atom. The first-order chi connectivity index (χ1) is 17.6. The van der Waals surface area contributed by atoms with Crippen LogP contribution in [0.5, 0.6) is 0 Å².